The second kappa shape index (κ2) is 14.1. The molecule has 4 heteroatoms. The van der Waals surface area contributed by atoms with Crippen LogP contribution < -0.4 is 0 Å². The second-order valence-corrected chi connectivity index (χ2v) is 14.2. The van der Waals surface area contributed by atoms with Gasteiger partial charge in [-0.1, -0.05) is 164 Å². The summed E-state index contributed by atoms with van der Waals surface area (Å²) >= 11 is 0. The lowest BCUT2D eigenvalue weighted by molar-refractivity contribution is 0.670. The van der Waals surface area contributed by atoms with Crippen molar-refractivity contribution in [3.05, 3.63) is 199 Å². The SMILES string of the molecule is C1=CCCC(c2ccc(-c3ccc(-c4nc(C5=CCC(c6ccc(-c7ccccc7)cc6)C=C5)nc(-c5ccccc5)n4)c4c3oc3ccccc34)cc2)=C1. The van der Waals surface area contributed by atoms with Gasteiger partial charge in [0, 0.05) is 39.0 Å². The first-order chi connectivity index (χ1) is 27.2. The van der Waals surface area contributed by atoms with Crippen LogP contribution >= 0.6 is 0 Å². The first-order valence-corrected chi connectivity index (χ1v) is 19.0. The summed E-state index contributed by atoms with van der Waals surface area (Å²) in [4.78, 5) is 15.4. The Morgan fingerprint density at radius 1 is 0.545 bits per heavy atom. The normalized spacial score (nSPS) is 15.3. The lowest BCUT2D eigenvalue weighted by atomic mass is 9.89. The van der Waals surface area contributed by atoms with Crippen LogP contribution in [0.2, 0.25) is 0 Å². The molecule has 0 radical (unpaired) electrons. The molecule has 0 saturated carbocycles. The Kier molecular flexibility index (Phi) is 8.42. The number of hydrogen-bond acceptors (Lipinski definition) is 4. The van der Waals surface area contributed by atoms with E-state index in [2.05, 4.69) is 152 Å². The van der Waals surface area contributed by atoms with Gasteiger partial charge in [0.1, 0.15) is 11.2 Å². The van der Waals surface area contributed by atoms with Crippen LogP contribution in [0.4, 0.5) is 0 Å². The van der Waals surface area contributed by atoms with Gasteiger partial charge < -0.3 is 4.42 Å². The Bertz CT molecular complexity index is 2810. The van der Waals surface area contributed by atoms with Crippen LogP contribution in [-0.2, 0) is 0 Å². The van der Waals surface area contributed by atoms with Crippen molar-refractivity contribution in [1.29, 1.82) is 0 Å². The Morgan fingerprint density at radius 3 is 1.95 bits per heavy atom. The molecule has 4 nitrogen and oxygen atoms in total. The third-order valence-corrected chi connectivity index (χ3v) is 10.8. The molecule has 0 N–H and O–H groups in total. The van der Waals surface area contributed by atoms with Gasteiger partial charge in [0.2, 0.25) is 0 Å². The highest BCUT2D eigenvalue weighted by Crippen LogP contribution is 2.42. The number of para-hydroxylation sites is 1. The van der Waals surface area contributed by atoms with Crippen molar-refractivity contribution in [2.45, 2.75) is 25.2 Å². The molecule has 2 aromatic heterocycles. The Balaban J connectivity index is 1.04. The fourth-order valence-electron chi connectivity index (χ4n) is 7.88. The maximum atomic E-state index is 6.68. The first kappa shape index (κ1) is 32.7. The molecule has 0 saturated heterocycles. The van der Waals surface area contributed by atoms with Crippen molar-refractivity contribution in [2.75, 3.05) is 0 Å². The number of nitrogens with zero attached hydrogens (tertiary/aromatic N) is 3. The minimum atomic E-state index is 0.276. The standard InChI is InChI=1S/C51H37N3O/c1-4-12-34(13-5-1)36-20-22-38(23-21-36)39-26-30-42(31-27-39)50-52-49(41-16-8-3-9-17-41)53-51(54-50)45-33-32-43(48-47(45)44-18-10-11-19-46(44)55-48)40-28-24-37(25-29-40)35-14-6-2-7-15-35/h1-6,8-14,16-26,28-33,39H,7,15,27H2. The summed E-state index contributed by atoms with van der Waals surface area (Å²) in [5, 5.41) is 2.03. The molecule has 2 aliphatic rings. The Hall–Kier alpha value is -6.91. The molecule has 6 aromatic carbocycles. The summed E-state index contributed by atoms with van der Waals surface area (Å²) in [6, 6.07) is 51.0. The van der Waals surface area contributed by atoms with Crippen LogP contribution in [-0.4, -0.2) is 15.0 Å². The molecule has 2 aliphatic carbocycles. The number of benzene rings is 6. The highest BCUT2D eigenvalue weighted by atomic mass is 16.3. The Morgan fingerprint density at radius 2 is 1.20 bits per heavy atom. The smallest absolute Gasteiger partial charge is 0.164 e. The van der Waals surface area contributed by atoms with Gasteiger partial charge in [0.05, 0.1) is 0 Å². The molecule has 1 unspecified atom stereocenters. The van der Waals surface area contributed by atoms with E-state index in [1.807, 2.05) is 30.3 Å². The topological polar surface area (TPSA) is 51.8 Å². The number of allylic oxidation sites excluding steroid dienone is 8. The van der Waals surface area contributed by atoms with Crippen LogP contribution in [0.25, 0.3) is 78.1 Å². The third-order valence-electron chi connectivity index (χ3n) is 10.8. The Labute approximate surface area is 320 Å². The number of aromatic nitrogens is 3. The van der Waals surface area contributed by atoms with E-state index >= 15 is 0 Å². The maximum Gasteiger partial charge on any atom is 0.164 e. The summed E-state index contributed by atoms with van der Waals surface area (Å²) < 4.78 is 6.68. The van der Waals surface area contributed by atoms with Crippen LogP contribution in [0.3, 0.4) is 0 Å². The van der Waals surface area contributed by atoms with Crippen molar-refractivity contribution in [1.82, 2.24) is 15.0 Å². The van der Waals surface area contributed by atoms with E-state index in [0.29, 0.717) is 17.5 Å². The highest BCUT2D eigenvalue weighted by molar-refractivity contribution is 6.15. The summed E-state index contributed by atoms with van der Waals surface area (Å²) in [6.07, 6.45) is 16.3. The molecule has 10 rings (SSSR count). The molecular formula is C51H37N3O. The number of rotatable bonds is 7. The molecule has 0 bridgehead atoms. The van der Waals surface area contributed by atoms with E-state index in [0.717, 1.165) is 69.0 Å². The molecular weight excluding hydrogens is 671 g/mol. The van der Waals surface area contributed by atoms with Crippen molar-refractivity contribution < 1.29 is 4.42 Å². The largest absolute Gasteiger partial charge is 0.455 e. The van der Waals surface area contributed by atoms with Gasteiger partial charge in [-0.2, -0.15) is 0 Å². The van der Waals surface area contributed by atoms with Crippen LogP contribution in [0.1, 0.15) is 42.1 Å². The minimum absolute atomic E-state index is 0.276. The zero-order chi connectivity index (χ0) is 36.6. The molecule has 0 fully saturated rings. The highest BCUT2D eigenvalue weighted by Gasteiger charge is 2.22. The van der Waals surface area contributed by atoms with E-state index in [1.54, 1.807) is 0 Å². The van der Waals surface area contributed by atoms with Crippen LogP contribution in [0, 0.1) is 0 Å². The zero-order valence-electron chi connectivity index (χ0n) is 30.3. The van der Waals surface area contributed by atoms with E-state index in [1.165, 1.54) is 27.8 Å². The molecule has 55 heavy (non-hydrogen) atoms. The van der Waals surface area contributed by atoms with Gasteiger partial charge in [-0.25, -0.2) is 15.0 Å². The van der Waals surface area contributed by atoms with Gasteiger partial charge in [-0.05, 0) is 70.9 Å². The fourth-order valence-corrected chi connectivity index (χ4v) is 7.88. The number of furan rings is 1. The van der Waals surface area contributed by atoms with Crippen LogP contribution in [0.5, 0.6) is 0 Å². The van der Waals surface area contributed by atoms with Crippen LogP contribution in [0.15, 0.2) is 186 Å². The van der Waals surface area contributed by atoms with E-state index < -0.39 is 0 Å². The van der Waals surface area contributed by atoms with Gasteiger partial charge in [-0.3, -0.25) is 0 Å². The average Bonchev–Trinajstić information content (AvgIpc) is 3.67. The summed E-state index contributed by atoms with van der Waals surface area (Å²) in [5.74, 6) is 2.19. The second-order valence-electron chi connectivity index (χ2n) is 14.2. The maximum absolute atomic E-state index is 6.68. The summed E-state index contributed by atoms with van der Waals surface area (Å²) in [7, 11) is 0. The summed E-state index contributed by atoms with van der Waals surface area (Å²) in [5.41, 5.74) is 13.0. The lowest BCUT2D eigenvalue weighted by Crippen LogP contribution is -2.05. The molecule has 0 amide bonds. The number of hydrogen-bond donors (Lipinski definition) is 0. The minimum Gasteiger partial charge on any atom is -0.455 e. The van der Waals surface area contributed by atoms with Crippen molar-refractivity contribution in [3.63, 3.8) is 0 Å². The third kappa shape index (κ3) is 6.32. The molecule has 262 valence electrons. The van der Waals surface area contributed by atoms with E-state index in [-0.39, 0.29) is 5.92 Å². The fraction of sp³-hybridized carbons (Fsp3) is 0.0784. The van der Waals surface area contributed by atoms with Crippen molar-refractivity contribution in [3.8, 4) is 45.0 Å². The van der Waals surface area contributed by atoms with Gasteiger partial charge in [0.15, 0.2) is 17.5 Å². The van der Waals surface area contributed by atoms with E-state index in [9.17, 15) is 0 Å². The van der Waals surface area contributed by atoms with Gasteiger partial charge in [-0.15, -0.1) is 0 Å². The molecule has 2 heterocycles. The molecule has 8 aromatic rings. The van der Waals surface area contributed by atoms with Crippen molar-refractivity contribution in [2.24, 2.45) is 0 Å². The predicted molar refractivity (Wildman–Crippen MR) is 226 cm³/mol. The number of fused-ring (bicyclic) bond motifs is 3. The molecule has 0 spiro atoms. The summed E-state index contributed by atoms with van der Waals surface area (Å²) in [6.45, 7) is 0. The molecule has 0 aliphatic heterocycles. The first-order valence-electron chi connectivity index (χ1n) is 19.0. The lowest BCUT2D eigenvalue weighted by Gasteiger charge is -2.17. The average molecular weight is 708 g/mol. The van der Waals surface area contributed by atoms with Crippen molar-refractivity contribution >= 4 is 33.1 Å². The zero-order valence-corrected chi connectivity index (χ0v) is 30.3. The monoisotopic (exact) mass is 707 g/mol. The van der Waals surface area contributed by atoms with E-state index in [4.69, 9.17) is 19.4 Å². The predicted octanol–water partition coefficient (Wildman–Crippen LogP) is 13.3. The van der Waals surface area contributed by atoms with Gasteiger partial charge in [0.25, 0.3) is 0 Å². The van der Waals surface area contributed by atoms with Gasteiger partial charge >= 0.3 is 0 Å². The quantitative estimate of drug-likeness (QED) is 0.165. The molecule has 1 atom stereocenters.